The molecule has 0 heterocycles. The molecule has 0 spiro atoms. The van der Waals surface area contributed by atoms with Crippen LogP contribution in [0.3, 0.4) is 0 Å². The van der Waals surface area contributed by atoms with Crippen LogP contribution in [0.15, 0.2) is 29.2 Å². The zero-order valence-corrected chi connectivity index (χ0v) is 7.53. The van der Waals surface area contributed by atoms with Gasteiger partial charge in [0.25, 0.3) is 10.1 Å². The van der Waals surface area contributed by atoms with E-state index >= 15 is 0 Å². The maximum absolute atomic E-state index is 10.5. The summed E-state index contributed by atoms with van der Waals surface area (Å²) in [6.45, 7) is 0. The Morgan fingerprint density at radius 3 is 2.00 bits per heavy atom. The van der Waals surface area contributed by atoms with Gasteiger partial charge in [-0.25, -0.2) is 0 Å². The van der Waals surface area contributed by atoms with Crippen molar-refractivity contribution in [2.45, 2.75) is 4.90 Å². The molecule has 0 fully saturated rings. The van der Waals surface area contributed by atoms with Gasteiger partial charge >= 0.3 is 0 Å². The second kappa shape index (κ2) is 2.89. The lowest BCUT2D eigenvalue weighted by Gasteiger charge is -1.95. The molecule has 1 atom stereocenters. The molecule has 0 radical (unpaired) electrons. The number of hydrogen-bond donors (Lipinski definition) is 1. The van der Waals surface area contributed by atoms with Crippen LogP contribution in [-0.4, -0.2) is 13.0 Å². The molecule has 0 bridgehead atoms. The minimum Gasteiger partial charge on any atom is -0.282 e. The molecule has 5 heteroatoms. The number of hydrogen-bond acceptors (Lipinski definition) is 2. The summed E-state index contributed by atoms with van der Waals surface area (Å²) >= 11 is 0. The van der Waals surface area contributed by atoms with Crippen LogP contribution in [-0.2, 0) is 10.1 Å². The van der Waals surface area contributed by atoms with Gasteiger partial charge in [-0.05, 0) is 17.4 Å². The van der Waals surface area contributed by atoms with Crippen LogP contribution in [0.4, 0.5) is 0 Å². The summed E-state index contributed by atoms with van der Waals surface area (Å²) in [5.41, 5.74) is 0. The van der Waals surface area contributed by atoms with Gasteiger partial charge < -0.3 is 0 Å². The Balaban J connectivity index is 3.20. The van der Waals surface area contributed by atoms with E-state index in [0.717, 1.165) is 5.30 Å². The second-order valence-electron chi connectivity index (χ2n) is 2.04. The minimum atomic E-state index is -4.03. The highest BCUT2D eigenvalue weighted by atomic mass is 32.2. The standard InChI is InChI=1S/C6H7O3PS/c7-11(8,9)6-3-1-5(10)2-4-6/h1-4H,10H2,(H,7,8,9). The van der Waals surface area contributed by atoms with E-state index in [-0.39, 0.29) is 4.90 Å². The van der Waals surface area contributed by atoms with Crippen LogP contribution < -0.4 is 5.30 Å². The molecule has 60 valence electrons. The second-order valence-corrected chi connectivity index (χ2v) is 4.13. The zero-order chi connectivity index (χ0) is 8.48. The average molecular weight is 190 g/mol. The number of rotatable bonds is 1. The van der Waals surface area contributed by atoms with Crippen LogP contribution in [0, 0.1) is 0 Å². The minimum absolute atomic E-state index is 0.0799. The summed E-state index contributed by atoms with van der Waals surface area (Å²) < 4.78 is 29.5. The van der Waals surface area contributed by atoms with Gasteiger partial charge in [0.05, 0.1) is 4.90 Å². The predicted molar refractivity (Wildman–Crippen MR) is 45.6 cm³/mol. The maximum atomic E-state index is 10.5. The van der Waals surface area contributed by atoms with E-state index in [9.17, 15) is 8.42 Å². The molecule has 1 aromatic rings. The fraction of sp³-hybridized carbons (Fsp3) is 0. The van der Waals surface area contributed by atoms with Crippen molar-refractivity contribution < 1.29 is 13.0 Å². The Hall–Kier alpha value is -0.440. The molecule has 0 saturated carbocycles. The predicted octanol–water partition coefficient (Wildman–Crippen LogP) is 0.434. The Labute approximate surface area is 67.4 Å². The first-order chi connectivity index (χ1) is 5.00. The third-order valence-corrected chi connectivity index (χ3v) is 2.43. The molecule has 11 heavy (non-hydrogen) atoms. The lowest BCUT2D eigenvalue weighted by atomic mass is 10.4. The molecule has 1 unspecified atom stereocenters. The molecule has 0 amide bonds. The molecule has 1 aromatic carbocycles. The van der Waals surface area contributed by atoms with E-state index in [1.807, 2.05) is 0 Å². The summed E-state index contributed by atoms with van der Waals surface area (Å²) in [5, 5.41) is 0.873. The van der Waals surface area contributed by atoms with Crippen molar-refractivity contribution in [2.75, 3.05) is 0 Å². The van der Waals surface area contributed by atoms with Crippen molar-refractivity contribution in [3.8, 4) is 0 Å². The van der Waals surface area contributed by atoms with E-state index in [1.54, 1.807) is 12.1 Å². The van der Waals surface area contributed by atoms with Crippen molar-refractivity contribution in [1.29, 1.82) is 0 Å². The molecule has 0 aromatic heterocycles. The van der Waals surface area contributed by atoms with Gasteiger partial charge in [-0.1, -0.05) is 12.1 Å². The molecule has 1 N–H and O–H groups in total. The third-order valence-electron chi connectivity index (χ3n) is 1.18. The summed E-state index contributed by atoms with van der Waals surface area (Å²) in [6, 6.07) is 5.87. The van der Waals surface area contributed by atoms with E-state index < -0.39 is 10.1 Å². The van der Waals surface area contributed by atoms with Gasteiger partial charge in [0.15, 0.2) is 0 Å². The Bertz CT molecular complexity index is 341. The fourth-order valence-electron chi connectivity index (χ4n) is 0.640. The van der Waals surface area contributed by atoms with Crippen LogP contribution in [0.2, 0.25) is 0 Å². The highest BCUT2D eigenvalue weighted by molar-refractivity contribution is 7.85. The van der Waals surface area contributed by atoms with E-state index in [0.29, 0.717) is 0 Å². The van der Waals surface area contributed by atoms with E-state index in [1.165, 1.54) is 12.1 Å². The van der Waals surface area contributed by atoms with Gasteiger partial charge in [0, 0.05) is 0 Å². The number of benzene rings is 1. The highest BCUT2D eigenvalue weighted by Crippen LogP contribution is 2.05. The first kappa shape index (κ1) is 8.65. The summed E-state index contributed by atoms with van der Waals surface area (Å²) in [4.78, 5) is -0.0799. The van der Waals surface area contributed by atoms with Crippen LogP contribution in [0.25, 0.3) is 0 Å². The van der Waals surface area contributed by atoms with Crippen LogP contribution >= 0.6 is 9.24 Å². The third kappa shape index (κ3) is 2.26. The monoisotopic (exact) mass is 190 g/mol. The van der Waals surface area contributed by atoms with Crippen molar-refractivity contribution in [3.05, 3.63) is 24.3 Å². The SMILES string of the molecule is O=S(=O)(O)c1ccc(P)cc1. The molecular weight excluding hydrogens is 183 g/mol. The van der Waals surface area contributed by atoms with Gasteiger partial charge in [-0.3, -0.25) is 4.55 Å². The molecule has 3 nitrogen and oxygen atoms in total. The van der Waals surface area contributed by atoms with Gasteiger partial charge in [0.1, 0.15) is 0 Å². The molecule has 0 aliphatic heterocycles. The Morgan fingerprint density at radius 2 is 1.64 bits per heavy atom. The Morgan fingerprint density at radius 1 is 1.18 bits per heavy atom. The molecule has 0 saturated heterocycles. The van der Waals surface area contributed by atoms with Crippen molar-refractivity contribution in [3.63, 3.8) is 0 Å². The Kier molecular flexibility index (Phi) is 2.28. The molecule has 0 aliphatic carbocycles. The first-order valence-corrected chi connectivity index (χ1v) is 4.85. The summed E-state index contributed by atoms with van der Waals surface area (Å²) in [6.07, 6.45) is 0. The first-order valence-electron chi connectivity index (χ1n) is 2.83. The topological polar surface area (TPSA) is 54.4 Å². The molecular formula is C6H7O3PS. The van der Waals surface area contributed by atoms with E-state index in [4.69, 9.17) is 4.55 Å². The molecule has 0 aliphatic rings. The fourth-order valence-corrected chi connectivity index (χ4v) is 1.31. The highest BCUT2D eigenvalue weighted by Gasteiger charge is 2.06. The summed E-state index contributed by atoms with van der Waals surface area (Å²) in [5.74, 6) is 0. The smallest absolute Gasteiger partial charge is 0.282 e. The van der Waals surface area contributed by atoms with Crippen molar-refractivity contribution >= 4 is 24.7 Å². The van der Waals surface area contributed by atoms with Crippen LogP contribution in [0.5, 0.6) is 0 Å². The van der Waals surface area contributed by atoms with Gasteiger partial charge in [-0.15, -0.1) is 9.24 Å². The molecule has 1 rings (SSSR count). The quantitative estimate of drug-likeness (QED) is 0.516. The maximum Gasteiger partial charge on any atom is 0.294 e. The summed E-state index contributed by atoms with van der Waals surface area (Å²) in [7, 11) is -1.61. The largest absolute Gasteiger partial charge is 0.294 e. The van der Waals surface area contributed by atoms with Crippen LogP contribution in [0.1, 0.15) is 0 Å². The zero-order valence-electron chi connectivity index (χ0n) is 5.56. The normalized spacial score (nSPS) is 11.5. The lowest BCUT2D eigenvalue weighted by Crippen LogP contribution is -1.99. The van der Waals surface area contributed by atoms with Gasteiger partial charge in [-0.2, -0.15) is 8.42 Å². The lowest BCUT2D eigenvalue weighted by molar-refractivity contribution is 0.483. The van der Waals surface area contributed by atoms with Crippen molar-refractivity contribution in [2.24, 2.45) is 0 Å². The van der Waals surface area contributed by atoms with Gasteiger partial charge in [0.2, 0.25) is 0 Å². The average Bonchev–Trinajstić information content (AvgIpc) is 1.86. The van der Waals surface area contributed by atoms with Crippen molar-refractivity contribution in [1.82, 2.24) is 0 Å². The van der Waals surface area contributed by atoms with E-state index in [2.05, 4.69) is 9.24 Å².